The minimum atomic E-state index is 0.267. The second-order valence-corrected chi connectivity index (χ2v) is 5.50. The van der Waals surface area contributed by atoms with Gasteiger partial charge in [0.1, 0.15) is 6.07 Å². The summed E-state index contributed by atoms with van der Waals surface area (Å²) in [4.78, 5) is 0. The molecule has 5 heteroatoms. The Morgan fingerprint density at radius 1 is 1.41 bits per heavy atom. The van der Waals surface area contributed by atoms with Crippen LogP contribution in [0.25, 0.3) is 0 Å². The van der Waals surface area contributed by atoms with Crippen molar-refractivity contribution in [2.24, 2.45) is 0 Å². The average molecular weight is 315 g/mol. The average Bonchev–Trinajstić information content (AvgIpc) is 2.34. The predicted molar refractivity (Wildman–Crippen MR) is 76.4 cm³/mol. The van der Waals surface area contributed by atoms with Crippen molar-refractivity contribution < 1.29 is 5.11 Å². The zero-order valence-corrected chi connectivity index (χ0v) is 11.9. The van der Waals surface area contributed by atoms with Crippen LogP contribution in [0.1, 0.15) is 12.0 Å². The van der Waals surface area contributed by atoms with Gasteiger partial charge in [-0.25, -0.2) is 0 Å². The first-order chi connectivity index (χ1) is 8.27. The summed E-state index contributed by atoms with van der Waals surface area (Å²) in [5.41, 5.74) is 1.66. The van der Waals surface area contributed by atoms with Crippen LogP contribution in [0.4, 0.5) is 5.69 Å². The Balaban J connectivity index is 2.28. The maximum absolute atomic E-state index is 8.78. The van der Waals surface area contributed by atoms with E-state index in [1.54, 1.807) is 6.07 Å². The summed E-state index contributed by atoms with van der Waals surface area (Å²) >= 11 is 5.18. The summed E-state index contributed by atoms with van der Waals surface area (Å²) in [6.45, 7) is 1.15. The number of thioether (sulfide) groups is 1. The molecule has 0 fully saturated rings. The van der Waals surface area contributed by atoms with Crippen LogP contribution in [0.15, 0.2) is 22.7 Å². The van der Waals surface area contributed by atoms with Gasteiger partial charge in [0.2, 0.25) is 0 Å². The number of aliphatic hydroxyl groups is 1. The van der Waals surface area contributed by atoms with Gasteiger partial charge in [-0.2, -0.15) is 17.0 Å². The number of nitrogens with one attached hydrogen (secondary N) is 1. The third-order valence-electron chi connectivity index (χ3n) is 2.11. The second-order valence-electron chi connectivity index (χ2n) is 3.42. The lowest BCUT2D eigenvalue weighted by Gasteiger charge is -2.07. The topological polar surface area (TPSA) is 56.0 Å². The Bertz CT molecular complexity index is 393. The molecule has 0 amide bonds. The summed E-state index contributed by atoms with van der Waals surface area (Å²) in [5.74, 6) is 2.01. The van der Waals surface area contributed by atoms with E-state index in [-0.39, 0.29) is 6.61 Å². The molecule has 0 aliphatic carbocycles. The SMILES string of the molecule is N#Cc1ccc(NCCSCCCO)cc1Br. The summed E-state index contributed by atoms with van der Waals surface area (Å²) in [7, 11) is 0. The van der Waals surface area contributed by atoms with E-state index in [1.165, 1.54) is 0 Å². The smallest absolute Gasteiger partial charge is 0.100 e. The monoisotopic (exact) mass is 314 g/mol. The van der Waals surface area contributed by atoms with Gasteiger partial charge in [-0.05, 0) is 46.3 Å². The molecule has 92 valence electrons. The zero-order valence-electron chi connectivity index (χ0n) is 9.45. The molecule has 0 spiro atoms. The first-order valence-electron chi connectivity index (χ1n) is 5.40. The van der Waals surface area contributed by atoms with Crippen molar-refractivity contribution in [3.8, 4) is 6.07 Å². The van der Waals surface area contributed by atoms with Gasteiger partial charge in [0.25, 0.3) is 0 Å². The summed E-state index contributed by atoms with van der Waals surface area (Å²) in [5, 5.41) is 20.7. The molecule has 3 nitrogen and oxygen atoms in total. The van der Waals surface area contributed by atoms with Gasteiger partial charge in [-0.15, -0.1) is 0 Å². The van der Waals surface area contributed by atoms with Gasteiger partial charge in [0.15, 0.2) is 0 Å². The molecule has 0 radical (unpaired) electrons. The van der Waals surface area contributed by atoms with Crippen LogP contribution in [-0.2, 0) is 0 Å². The van der Waals surface area contributed by atoms with Crippen molar-refractivity contribution in [3.05, 3.63) is 28.2 Å². The van der Waals surface area contributed by atoms with Gasteiger partial charge in [-0.1, -0.05) is 0 Å². The molecule has 0 aromatic heterocycles. The van der Waals surface area contributed by atoms with Crippen molar-refractivity contribution in [3.63, 3.8) is 0 Å². The van der Waals surface area contributed by atoms with E-state index in [9.17, 15) is 0 Å². The molecule has 0 unspecified atom stereocenters. The van der Waals surface area contributed by atoms with E-state index in [1.807, 2.05) is 23.9 Å². The Kier molecular flexibility index (Phi) is 7.10. The highest BCUT2D eigenvalue weighted by Crippen LogP contribution is 2.20. The van der Waals surface area contributed by atoms with E-state index in [0.717, 1.165) is 34.6 Å². The van der Waals surface area contributed by atoms with Crippen LogP contribution in [-0.4, -0.2) is 29.8 Å². The van der Waals surface area contributed by atoms with Crippen LogP contribution in [0.2, 0.25) is 0 Å². The lowest BCUT2D eigenvalue weighted by atomic mass is 10.2. The first-order valence-corrected chi connectivity index (χ1v) is 7.35. The standard InChI is InChI=1S/C12H15BrN2OS/c13-12-8-11(3-2-10(12)9-14)15-4-7-17-6-1-5-16/h2-3,8,15-16H,1,4-7H2. The number of anilines is 1. The molecule has 1 rings (SSSR count). The quantitative estimate of drug-likeness (QED) is 0.760. The molecule has 0 saturated carbocycles. The Morgan fingerprint density at radius 2 is 2.24 bits per heavy atom. The minimum absolute atomic E-state index is 0.267. The number of hydrogen-bond donors (Lipinski definition) is 2. The van der Waals surface area contributed by atoms with Crippen molar-refractivity contribution in [2.45, 2.75) is 6.42 Å². The number of aliphatic hydroxyl groups excluding tert-OH is 1. The molecule has 0 saturated heterocycles. The van der Waals surface area contributed by atoms with E-state index >= 15 is 0 Å². The van der Waals surface area contributed by atoms with Crippen LogP contribution in [0.3, 0.4) is 0 Å². The number of halogens is 1. The van der Waals surface area contributed by atoms with Gasteiger partial charge in [0.05, 0.1) is 5.56 Å². The molecular formula is C12H15BrN2OS. The molecule has 0 heterocycles. The Morgan fingerprint density at radius 3 is 2.88 bits per heavy atom. The lowest BCUT2D eigenvalue weighted by molar-refractivity contribution is 0.296. The number of nitrogens with zero attached hydrogens (tertiary/aromatic N) is 1. The molecule has 0 aliphatic rings. The third-order valence-corrected chi connectivity index (χ3v) is 3.84. The molecule has 0 bridgehead atoms. The number of rotatable bonds is 7. The molecule has 2 N–H and O–H groups in total. The molecule has 0 aliphatic heterocycles. The second kappa shape index (κ2) is 8.40. The third kappa shape index (κ3) is 5.44. The zero-order chi connectivity index (χ0) is 12.5. The first kappa shape index (κ1) is 14.4. The van der Waals surface area contributed by atoms with Gasteiger partial charge in [0, 0.05) is 29.1 Å². The van der Waals surface area contributed by atoms with Gasteiger partial charge >= 0.3 is 0 Å². The number of nitriles is 1. The molecule has 0 atom stereocenters. The largest absolute Gasteiger partial charge is 0.396 e. The molecule has 17 heavy (non-hydrogen) atoms. The van der Waals surface area contributed by atoms with Crippen LogP contribution in [0.5, 0.6) is 0 Å². The Hall–Kier alpha value is -0.700. The maximum Gasteiger partial charge on any atom is 0.100 e. The van der Waals surface area contributed by atoms with E-state index < -0.39 is 0 Å². The summed E-state index contributed by atoms with van der Waals surface area (Å²) < 4.78 is 0.818. The molecular weight excluding hydrogens is 300 g/mol. The van der Waals surface area contributed by atoms with E-state index in [2.05, 4.69) is 27.3 Å². The highest BCUT2D eigenvalue weighted by atomic mass is 79.9. The van der Waals surface area contributed by atoms with Crippen LogP contribution >= 0.6 is 27.7 Å². The van der Waals surface area contributed by atoms with Crippen molar-refractivity contribution in [2.75, 3.05) is 30.0 Å². The normalized spacial score (nSPS) is 9.94. The lowest BCUT2D eigenvalue weighted by Crippen LogP contribution is -2.04. The summed E-state index contributed by atoms with van der Waals surface area (Å²) in [6.07, 6.45) is 0.854. The number of benzene rings is 1. The fourth-order valence-electron chi connectivity index (χ4n) is 1.25. The Labute approximate surface area is 114 Å². The van der Waals surface area contributed by atoms with Gasteiger partial charge < -0.3 is 10.4 Å². The maximum atomic E-state index is 8.78. The fourth-order valence-corrected chi connectivity index (χ4v) is 2.50. The van der Waals surface area contributed by atoms with Gasteiger partial charge in [-0.3, -0.25) is 0 Å². The highest BCUT2D eigenvalue weighted by Gasteiger charge is 1.99. The van der Waals surface area contributed by atoms with Crippen LogP contribution in [0, 0.1) is 11.3 Å². The number of hydrogen-bond acceptors (Lipinski definition) is 4. The summed E-state index contributed by atoms with van der Waals surface area (Å²) in [6, 6.07) is 7.73. The minimum Gasteiger partial charge on any atom is -0.396 e. The van der Waals surface area contributed by atoms with Crippen LogP contribution < -0.4 is 5.32 Å². The fraction of sp³-hybridized carbons (Fsp3) is 0.417. The van der Waals surface area contributed by atoms with Crippen molar-refractivity contribution in [1.29, 1.82) is 5.26 Å². The molecule has 1 aromatic rings. The van der Waals surface area contributed by atoms with E-state index in [4.69, 9.17) is 10.4 Å². The van der Waals surface area contributed by atoms with E-state index in [0.29, 0.717) is 5.56 Å². The van der Waals surface area contributed by atoms with Crippen molar-refractivity contribution in [1.82, 2.24) is 0 Å². The predicted octanol–water partition coefficient (Wildman–Crippen LogP) is 2.85. The highest BCUT2D eigenvalue weighted by molar-refractivity contribution is 9.10. The molecule has 1 aromatic carbocycles. The van der Waals surface area contributed by atoms with Crippen molar-refractivity contribution >= 4 is 33.4 Å².